The van der Waals surface area contributed by atoms with Crippen LogP contribution in [0.15, 0.2) is 0 Å². The molecule has 2 heterocycles. The summed E-state index contributed by atoms with van der Waals surface area (Å²) < 4.78 is 5.42. The Labute approximate surface area is 66.7 Å². The molecule has 3 fully saturated rings. The summed E-state index contributed by atoms with van der Waals surface area (Å²) in [7, 11) is 0. The second-order valence-corrected chi connectivity index (χ2v) is 3.83. The van der Waals surface area contributed by atoms with Crippen molar-refractivity contribution in [2.24, 2.45) is 10.8 Å². The van der Waals surface area contributed by atoms with Gasteiger partial charge in [-0.05, 0) is 6.42 Å². The SMILES string of the molecule is C1NCC23COCC12C3.Cl. The highest BCUT2D eigenvalue weighted by atomic mass is 35.5. The molecular weight excluding hydrogens is 150 g/mol. The van der Waals surface area contributed by atoms with Crippen LogP contribution in [0.1, 0.15) is 6.42 Å². The smallest absolute Gasteiger partial charge is 0.0541 e. The van der Waals surface area contributed by atoms with Crippen LogP contribution in [0.5, 0.6) is 0 Å². The fraction of sp³-hybridized carbons (Fsp3) is 1.00. The molecule has 0 aromatic heterocycles. The Morgan fingerprint density at radius 3 is 2.20 bits per heavy atom. The lowest BCUT2D eigenvalue weighted by molar-refractivity contribution is 0.128. The summed E-state index contributed by atoms with van der Waals surface area (Å²) in [5.41, 5.74) is 1.24. The molecule has 1 aliphatic carbocycles. The van der Waals surface area contributed by atoms with E-state index in [-0.39, 0.29) is 12.4 Å². The van der Waals surface area contributed by atoms with Crippen molar-refractivity contribution < 1.29 is 4.74 Å². The molecule has 0 aromatic rings. The molecular formula is C7H12ClNO. The first-order valence-corrected chi connectivity index (χ1v) is 3.66. The van der Waals surface area contributed by atoms with Crippen molar-refractivity contribution in [3.05, 3.63) is 0 Å². The van der Waals surface area contributed by atoms with Gasteiger partial charge in [0, 0.05) is 23.9 Å². The molecule has 10 heavy (non-hydrogen) atoms. The zero-order chi connectivity index (χ0) is 5.95. The van der Waals surface area contributed by atoms with Gasteiger partial charge in [0.2, 0.25) is 0 Å². The standard InChI is InChI=1S/C7H11NO.ClH/c1-6-2-8-3-7(1,6)5-9-4-6;/h8H,1-5H2;1H. The molecule has 3 rings (SSSR count). The lowest BCUT2D eigenvalue weighted by Gasteiger charge is -2.07. The summed E-state index contributed by atoms with van der Waals surface area (Å²) >= 11 is 0. The first kappa shape index (κ1) is 6.89. The van der Waals surface area contributed by atoms with E-state index in [9.17, 15) is 0 Å². The Hall–Kier alpha value is 0.210. The number of nitrogens with one attached hydrogen (secondary N) is 1. The van der Waals surface area contributed by atoms with Gasteiger partial charge in [0.15, 0.2) is 0 Å². The van der Waals surface area contributed by atoms with Crippen LogP contribution in [0, 0.1) is 10.8 Å². The Morgan fingerprint density at radius 2 is 1.70 bits per heavy atom. The summed E-state index contributed by atoms with van der Waals surface area (Å²) in [5, 5.41) is 3.43. The first-order valence-electron chi connectivity index (χ1n) is 3.66. The van der Waals surface area contributed by atoms with Crippen molar-refractivity contribution in [2.75, 3.05) is 26.3 Å². The summed E-state index contributed by atoms with van der Waals surface area (Å²) in [4.78, 5) is 0. The second-order valence-electron chi connectivity index (χ2n) is 3.83. The fourth-order valence-electron chi connectivity index (χ4n) is 2.60. The summed E-state index contributed by atoms with van der Waals surface area (Å²) in [6, 6.07) is 0. The first-order chi connectivity index (χ1) is 4.37. The van der Waals surface area contributed by atoms with Crippen molar-refractivity contribution in [1.29, 1.82) is 0 Å². The molecule has 0 spiro atoms. The Bertz CT molecular complexity index is 134. The molecule has 2 saturated heterocycles. The Kier molecular flexibility index (Phi) is 1.16. The minimum absolute atomic E-state index is 0. The van der Waals surface area contributed by atoms with Gasteiger partial charge >= 0.3 is 0 Å². The van der Waals surface area contributed by atoms with Crippen molar-refractivity contribution in [3.8, 4) is 0 Å². The predicted molar refractivity (Wildman–Crippen MR) is 40.4 cm³/mol. The molecule has 2 atom stereocenters. The number of hydrogen-bond donors (Lipinski definition) is 1. The molecule has 0 bridgehead atoms. The van der Waals surface area contributed by atoms with E-state index in [1.165, 1.54) is 19.5 Å². The molecule has 58 valence electrons. The van der Waals surface area contributed by atoms with Gasteiger partial charge in [0.05, 0.1) is 13.2 Å². The number of hydrogen-bond acceptors (Lipinski definition) is 2. The molecule has 1 N–H and O–H groups in total. The number of rotatable bonds is 0. The fourth-order valence-corrected chi connectivity index (χ4v) is 2.60. The van der Waals surface area contributed by atoms with E-state index in [0.29, 0.717) is 10.8 Å². The van der Waals surface area contributed by atoms with Crippen molar-refractivity contribution in [1.82, 2.24) is 5.32 Å². The monoisotopic (exact) mass is 161 g/mol. The van der Waals surface area contributed by atoms with Gasteiger partial charge in [-0.2, -0.15) is 0 Å². The average molecular weight is 162 g/mol. The van der Waals surface area contributed by atoms with Gasteiger partial charge < -0.3 is 10.1 Å². The van der Waals surface area contributed by atoms with Gasteiger partial charge in [-0.15, -0.1) is 12.4 Å². The van der Waals surface area contributed by atoms with Crippen LogP contribution < -0.4 is 5.32 Å². The number of piperidine rings is 1. The second kappa shape index (κ2) is 1.68. The third kappa shape index (κ3) is 0.500. The van der Waals surface area contributed by atoms with Crippen molar-refractivity contribution in [2.45, 2.75) is 6.42 Å². The van der Waals surface area contributed by atoms with Gasteiger partial charge in [0.1, 0.15) is 0 Å². The molecule has 0 amide bonds. The topological polar surface area (TPSA) is 21.3 Å². The van der Waals surface area contributed by atoms with E-state index < -0.39 is 0 Å². The van der Waals surface area contributed by atoms with Crippen LogP contribution in [0.3, 0.4) is 0 Å². The van der Waals surface area contributed by atoms with Crippen LogP contribution in [0.25, 0.3) is 0 Å². The minimum Gasteiger partial charge on any atom is -0.380 e. The molecule has 1 saturated carbocycles. The lowest BCUT2D eigenvalue weighted by Crippen LogP contribution is -2.22. The molecule has 3 aliphatic rings. The third-order valence-corrected chi connectivity index (χ3v) is 3.36. The summed E-state index contributed by atoms with van der Waals surface area (Å²) in [6.07, 6.45) is 1.44. The van der Waals surface area contributed by atoms with Gasteiger partial charge in [-0.25, -0.2) is 0 Å². The van der Waals surface area contributed by atoms with Crippen LogP contribution in [-0.2, 0) is 4.74 Å². The van der Waals surface area contributed by atoms with E-state index in [4.69, 9.17) is 4.74 Å². The zero-order valence-electron chi connectivity index (χ0n) is 5.85. The largest absolute Gasteiger partial charge is 0.380 e. The maximum absolute atomic E-state index is 5.42. The highest BCUT2D eigenvalue weighted by Gasteiger charge is 2.73. The van der Waals surface area contributed by atoms with Crippen molar-refractivity contribution >= 4 is 12.4 Å². The zero-order valence-corrected chi connectivity index (χ0v) is 6.67. The van der Waals surface area contributed by atoms with Crippen LogP contribution in [-0.4, -0.2) is 26.3 Å². The minimum atomic E-state index is 0. The van der Waals surface area contributed by atoms with Crippen LogP contribution >= 0.6 is 12.4 Å². The summed E-state index contributed by atoms with van der Waals surface area (Å²) in [6.45, 7) is 4.49. The summed E-state index contributed by atoms with van der Waals surface area (Å²) in [5.74, 6) is 0. The molecule has 2 nitrogen and oxygen atoms in total. The maximum atomic E-state index is 5.42. The molecule has 3 heteroatoms. The van der Waals surface area contributed by atoms with Crippen LogP contribution in [0.2, 0.25) is 0 Å². The average Bonchev–Trinajstić information content (AvgIpc) is 2.11. The van der Waals surface area contributed by atoms with E-state index in [1.807, 2.05) is 0 Å². The van der Waals surface area contributed by atoms with E-state index in [0.717, 1.165) is 13.2 Å². The van der Waals surface area contributed by atoms with Gasteiger partial charge in [-0.3, -0.25) is 0 Å². The number of ether oxygens (including phenoxy) is 1. The van der Waals surface area contributed by atoms with E-state index in [2.05, 4.69) is 5.32 Å². The lowest BCUT2D eigenvalue weighted by atomic mass is 10.0. The van der Waals surface area contributed by atoms with Gasteiger partial charge in [-0.1, -0.05) is 0 Å². The molecule has 0 radical (unpaired) electrons. The van der Waals surface area contributed by atoms with E-state index in [1.54, 1.807) is 0 Å². The predicted octanol–water partition coefficient (Wildman–Crippen LogP) is 0.418. The highest BCUT2D eigenvalue weighted by Crippen LogP contribution is 2.69. The molecule has 2 unspecified atom stereocenters. The van der Waals surface area contributed by atoms with Crippen LogP contribution in [0.4, 0.5) is 0 Å². The quantitative estimate of drug-likeness (QED) is 0.556. The third-order valence-electron chi connectivity index (χ3n) is 3.36. The molecule has 2 aliphatic heterocycles. The number of halogens is 1. The normalized spacial score (nSPS) is 55.2. The highest BCUT2D eigenvalue weighted by molar-refractivity contribution is 5.85. The van der Waals surface area contributed by atoms with Gasteiger partial charge in [0.25, 0.3) is 0 Å². The Morgan fingerprint density at radius 1 is 1.10 bits per heavy atom. The Balaban J connectivity index is 0.000000403. The van der Waals surface area contributed by atoms with E-state index >= 15 is 0 Å². The molecule has 0 aromatic carbocycles. The van der Waals surface area contributed by atoms with Crippen molar-refractivity contribution in [3.63, 3.8) is 0 Å². The maximum Gasteiger partial charge on any atom is 0.0541 e.